The number of rotatable bonds is 3. The Morgan fingerprint density at radius 2 is 2.00 bits per heavy atom. The Bertz CT molecular complexity index is 381. The fourth-order valence-corrected chi connectivity index (χ4v) is 3.44. The molecule has 0 aliphatic heterocycles. The van der Waals surface area contributed by atoms with Crippen LogP contribution in [0.4, 0.5) is 0 Å². The van der Waals surface area contributed by atoms with Crippen molar-refractivity contribution < 1.29 is 9.53 Å². The number of hydrogen-bond acceptors (Lipinski definition) is 4. The lowest BCUT2D eigenvalue weighted by molar-refractivity contribution is 0.0520. The van der Waals surface area contributed by atoms with E-state index >= 15 is 0 Å². The molecular weight excluding hydrogens is 246 g/mol. The van der Waals surface area contributed by atoms with Gasteiger partial charge in [0.1, 0.15) is 0 Å². The summed E-state index contributed by atoms with van der Waals surface area (Å²) in [6.07, 6.45) is 9.07. The van der Waals surface area contributed by atoms with Crippen LogP contribution < -0.4 is 0 Å². The molecule has 1 saturated carbocycles. The Kier molecular flexibility index (Phi) is 5.17. The second-order valence-corrected chi connectivity index (χ2v) is 5.72. The number of ether oxygens (including phenoxy) is 1. The summed E-state index contributed by atoms with van der Waals surface area (Å²) in [4.78, 5) is 16.1. The van der Waals surface area contributed by atoms with Gasteiger partial charge in [-0.15, -0.1) is 11.3 Å². The average Bonchev–Trinajstić information content (AvgIpc) is 2.78. The maximum atomic E-state index is 11.6. The summed E-state index contributed by atoms with van der Waals surface area (Å²) < 4.78 is 4.98. The molecule has 0 amide bonds. The van der Waals surface area contributed by atoms with E-state index in [1.54, 1.807) is 11.3 Å². The third kappa shape index (κ3) is 3.55. The first-order chi connectivity index (χ1) is 8.81. The molecule has 1 aromatic heterocycles. The molecule has 1 aliphatic rings. The van der Waals surface area contributed by atoms with E-state index in [1.807, 2.05) is 12.3 Å². The predicted molar refractivity (Wildman–Crippen MR) is 73.1 cm³/mol. The number of aromatic nitrogens is 1. The van der Waals surface area contributed by atoms with Gasteiger partial charge < -0.3 is 4.74 Å². The van der Waals surface area contributed by atoms with Crippen LogP contribution in [0.2, 0.25) is 0 Å². The molecule has 0 bridgehead atoms. The fourth-order valence-electron chi connectivity index (χ4n) is 2.48. The molecule has 0 aromatic carbocycles. The van der Waals surface area contributed by atoms with E-state index in [0.717, 1.165) is 5.01 Å². The van der Waals surface area contributed by atoms with Crippen LogP contribution in [0.1, 0.15) is 73.3 Å². The van der Waals surface area contributed by atoms with Crippen molar-refractivity contribution >= 4 is 17.3 Å². The van der Waals surface area contributed by atoms with Crippen LogP contribution in [-0.2, 0) is 4.74 Å². The molecule has 1 aromatic rings. The van der Waals surface area contributed by atoms with Crippen LogP contribution in [0.15, 0.2) is 5.38 Å². The molecule has 3 nitrogen and oxygen atoms in total. The van der Waals surface area contributed by atoms with Crippen LogP contribution in [0.5, 0.6) is 0 Å². The second-order valence-electron chi connectivity index (χ2n) is 4.83. The second kappa shape index (κ2) is 6.88. The Morgan fingerprint density at radius 3 is 2.67 bits per heavy atom. The molecule has 1 heterocycles. The predicted octanol–water partition coefficient (Wildman–Crippen LogP) is 4.15. The summed E-state index contributed by atoms with van der Waals surface area (Å²) in [5.41, 5.74) is 0.485. The zero-order chi connectivity index (χ0) is 12.8. The molecule has 18 heavy (non-hydrogen) atoms. The molecule has 0 atom stereocenters. The van der Waals surface area contributed by atoms with Crippen molar-refractivity contribution in [3.05, 3.63) is 16.1 Å². The largest absolute Gasteiger partial charge is 0.461 e. The van der Waals surface area contributed by atoms with E-state index < -0.39 is 0 Å². The lowest BCUT2D eigenvalue weighted by atomic mass is 9.92. The van der Waals surface area contributed by atoms with Gasteiger partial charge in [-0.1, -0.05) is 32.1 Å². The normalized spacial score (nSPS) is 18.1. The minimum Gasteiger partial charge on any atom is -0.461 e. The third-order valence-electron chi connectivity index (χ3n) is 3.46. The van der Waals surface area contributed by atoms with Gasteiger partial charge in [-0.05, 0) is 19.8 Å². The van der Waals surface area contributed by atoms with Crippen molar-refractivity contribution in [1.82, 2.24) is 4.98 Å². The third-order valence-corrected chi connectivity index (χ3v) is 4.47. The van der Waals surface area contributed by atoms with Crippen LogP contribution in [-0.4, -0.2) is 17.6 Å². The standard InChI is InChI=1S/C14H21NO2S/c1-2-17-14(16)12-10-18-13(15-12)11-8-6-4-3-5-7-9-11/h10-11H,2-9H2,1H3. The topological polar surface area (TPSA) is 39.2 Å². The summed E-state index contributed by atoms with van der Waals surface area (Å²) in [6.45, 7) is 2.23. The van der Waals surface area contributed by atoms with Crippen molar-refractivity contribution in [2.24, 2.45) is 0 Å². The van der Waals surface area contributed by atoms with Gasteiger partial charge in [-0.3, -0.25) is 0 Å². The summed E-state index contributed by atoms with van der Waals surface area (Å²) >= 11 is 1.61. The summed E-state index contributed by atoms with van der Waals surface area (Å²) in [7, 11) is 0. The highest BCUT2D eigenvalue weighted by Crippen LogP contribution is 2.32. The van der Waals surface area contributed by atoms with E-state index in [4.69, 9.17) is 4.74 Å². The molecule has 0 spiro atoms. The summed E-state index contributed by atoms with van der Waals surface area (Å²) in [5, 5.41) is 2.96. The molecule has 4 heteroatoms. The van der Waals surface area contributed by atoms with Crippen LogP contribution in [0, 0.1) is 0 Å². The van der Waals surface area contributed by atoms with Gasteiger partial charge in [0.2, 0.25) is 0 Å². The molecule has 1 aliphatic carbocycles. The number of hydrogen-bond donors (Lipinski definition) is 0. The van der Waals surface area contributed by atoms with Crippen LogP contribution in [0.25, 0.3) is 0 Å². The SMILES string of the molecule is CCOC(=O)c1csc(C2CCCCCCC2)n1. The molecule has 2 rings (SSSR count). The van der Waals surface area contributed by atoms with Gasteiger partial charge in [0, 0.05) is 11.3 Å². The molecule has 0 radical (unpaired) electrons. The van der Waals surface area contributed by atoms with Crippen molar-refractivity contribution in [2.45, 2.75) is 57.8 Å². The highest BCUT2D eigenvalue weighted by atomic mass is 32.1. The maximum absolute atomic E-state index is 11.6. The molecule has 1 fully saturated rings. The van der Waals surface area contributed by atoms with Crippen LogP contribution >= 0.6 is 11.3 Å². The smallest absolute Gasteiger partial charge is 0.357 e. The van der Waals surface area contributed by atoms with Gasteiger partial charge in [-0.2, -0.15) is 0 Å². The van der Waals surface area contributed by atoms with E-state index in [-0.39, 0.29) is 5.97 Å². The summed E-state index contributed by atoms with van der Waals surface area (Å²) in [5.74, 6) is 0.268. The minimum atomic E-state index is -0.286. The molecule has 0 saturated heterocycles. The Hall–Kier alpha value is -0.900. The average molecular weight is 267 g/mol. The highest BCUT2D eigenvalue weighted by Gasteiger charge is 2.19. The number of carbonyl (C=O) groups excluding carboxylic acids is 1. The van der Waals surface area contributed by atoms with Crippen molar-refractivity contribution in [3.8, 4) is 0 Å². The maximum Gasteiger partial charge on any atom is 0.357 e. The zero-order valence-corrected chi connectivity index (χ0v) is 11.8. The quantitative estimate of drug-likeness (QED) is 0.772. The monoisotopic (exact) mass is 267 g/mol. The minimum absolute atomic E-state index is 0.286. The molecular formula is C14H21NO2S. The van der Waals surface area contributed by atoms with Gasteiger partial charge in [0.25, 0.3) is 0 Å². The van der Waals surface area contributed by atoms with Crippen molar-refractivity contribution in [3.63, 3.8) is 0 Å². The highest BCUT2D eigenvalue weighted by molar-refractivity contribution is 7.09. The Morgan fingerprint density at radius 1 is 1.33 bits per heavy atom. The van der Waals surface area contributed by atoms with E-state index in [9.17, 15) is 4.79 Å². The Balaban J connectivity index is 2.01. The van der Waals surface area contributed by atoms with Gasteiger partial charge in [0.05, 0.1) is 11.6 Å². The fraction of sp³-hybridized carbons (Fsp3) is 0.714. The van der Waals surface area contributed by atoms with Crippen molar-refractivity contribution in [1.29, 1.82) is 0 Å². The van der Waals surface area contributed by atoms with Gasteiger partial charge in [0.15, 0.2) is 5.69 Å². The Labute approximate surface area is 113 Å². The van der Waals surface area contributed by atoms with Gasteiger partial charge in [-0.25, -0.2) is 9.78 Å². The van der Waals surface area contributed by atoms with Gasteiger partial charge >= 0.3 is 5.97 Å². The summed E-state index contributed by atoms with van der Waals surface area (Å²) in [6, 6.07) is 0. The number of thiazole rings is 1. The number of esters is 1. The van der Waals surface area contributed by atoms with E-state index in [2.05, 4.69) is 4.98 Å². The first-order valence-electron chi connectivity index (χ1n) is 6.93. The number of nitrogens with zero attached hydrogens (tertiary/aromatic N) is 1. The zero-order valence-electron chi connectivity index (χ0n) is 11.0. The molecule has 0 N–H and O–H groups in total. The van der Waals surface area contributed by atoms with Crippen LogP contribution in [0.3, 0.4) is 0 Å². The molecule has 0 unspecified atom stereocenters. The first kappa shape index (κ1) is 13.5. The number of carbonyl (C=O) groups is 1. The first-order valence-corrected chi connectivity index (χ1v) is 7.81. The lowest BCUT2D eigenvalue weighted by Gasteiger charge is -2.17. The van der Waals surface area contributed by atoms with E-state index in [1.165, 1.54) is 44.9 Å². The molecule has 100 valence electrons. The van der Waals surface area contributed by atoms with Crippen molar-refractivity contribution in [2.75, 3.05) is 6.61 Å². The van der Waals surface area contributed by atoms with E-state index in [0.29, 0.717) is 18.2 Å². The lowest BCUT2D eigenvalue weighted by Crippen LogP contribution is -2.06.